The zero-order chi connectivity index (χ0) is 19.6. The van der Waals surface area contributed by atoms with Crippen molar-refractivity contribution < 1.29 is 23.1 Å². The second-order valence-electron chi connectivity index (χ2n) is 6.40. The minimum absolute atomic E-state index is 0.284. The molecule has 3 rings (SSSR count). The van der Waals surface area contributed by atoms with E-state index < -0.39 is 29.4 Å². The van der Waals surface area contributed by atoms with E-state index in [1.165, 1.54) is 17.0 Å². The van der Waals surface area contributed by atoms with Gasteiger partial charge in [-0.3, -0.25) is 9.59 Å². The number of anilines is 1. The summed E-state index contributed by atoms with van der Waals surface area (Å²) in [7, 11) is 1.61. The molecule has 0 saturated carbocycles. The van der Waals surface area contributed by atoms with Gasteiger partial charge in [-0.15, -0.1) is 0 Å². The molecule has 1 aliphatic rings. The van der Waals surface area contributed by atoms with E-state index in [0.717, 1.165) is 11.6 Å². The van der Waals surface area contributed by atoms with E-state index in [9.17, 15) is 18.4 Å². The quantitative estimate of drug-likeness (QED) is 0.818. The predicted molar refractivity (Wildman–Crippen MR) is 96.5 cm³/mol. The van der Waals surface area contributed by atoms with Gasteiger partial charge >= 0.3 is 0 Å². The first kappa shape index (κ1) is 18.8. The molecule has 5 nitrogen and oxygen atoms in total. The molecule has 2 amide bonds. The Hall–Kier alpha value is -2.96. The van der Waals surface area contributed by atoms with Gasteiger partial charge in [0, 0.05) is 19.5 Å². The number of carbonyl (C=O) groups excluding carboxylic acids is 2. The maximum atomic E-state index is 13.9. The van der Waals surface area contributed by atoms with Crippen LogP contribution in [0.25, 0.3) is 0 Å². The molecule has 7 heteroatoms. The van der Waals surface area contributed by atoms with Gasteiger partial charge < -0.3 is 15.0 Å². The number of carbonyl (C=O) groups is 2. The van der Waals surface area contributed by atoms with Gasteiger partial charge in [0.1, 0.15) is 11.7 Å². The number of hydrogen-bond donors (Lipinski definition) is 1. The fourth-order valence-electron chi connectivity index (χ4n) is 3.28. The van der Waals surface area contributed by atoms with Crippen LogP contribution in [0.5, 0.6) is 5.75 Å². The summed E-state index contributed by atoms with van der Waals surface area (Å²) in [6, 6.07) is 10.7. The van der Waals surface area contributed by atoms with Crippen molar-refractivity contribution in [3.63, 3.8) is 0 Å². The molecule has 142 valence electrons. The summed E-state index contributed by atoms with van der Waals surface area (Å²) in [4.78, 5) is 26.7. The zero-order valence-electron chi connectivity index (χ0n) is 15.0. The molecule has 2 atom stereocenters. The first-order valence-corrected chi connectivity index (χ1v) is 8.65. The van der Waals surface area contributed by atoms with Crippen LogP contribution in [0, 0.1) is 17.6 Å². The lowest BCUT2D eigenvalue weighted by molar-refractivity contribution is -0.135. The molecule has 1 N–H and O–H groups in total. The van der Waals surface area contributed by atoms with Crippen LogP contribution >= 0.6 is 0 Å². The molecular weight excluding hydrogens is 354 g/mol. The average Bonchev–Trinajstić information content (AvgIpc) is 2.95. The van der Waals surface area contributed by atoms with Crippen molar-refractivity contribution in [1.29, 1.82) is 0 Å². The lowest BCUT2D eigenvalue weighted by atomic mass is 9.88. The summed E-state index contributed by atoms with van der Waals surface area (Å²) in [5.41, 5.74) is 0.517. The second kappa shape index (κ2) is 7.73. The average molecular weight is 374 g/mol. The fraction of sp³-hybridized carbons (Fsp3) is 0.300. The Labute approximate surface area is 155 Å². The van der Waals surface area contributed by atoms with Crippen molar-refractivity contribution in [2.45, 2.75) is 12.8 Å². The van der Waals surface area contributed by atoms with Crippen LogP contribution < -0.4 is 10.1 Å². The molecule has 0 aliphatic carbocycles. The summed E-state index contributed by atoms with van der Waals surface area (Å²) >= 11 is 0. The molecule has 0 radical (unpaired) electrons. The third-order valence-electron chi connectivity index (χ3n) is 4.63. The Balaban J connectivity index is 1.85. The van der Waals surface area contributed by atoms with Gasteiger partial charge in [0.05, 0.1) is 12.3 Å². The van der Waals surface area contributed by atoms with Gasteiger partial charge in [0.25, 0.3) is 0 Å². The molecule has 0 spiro atoms. The highest BCUT2D eigenvalue weighted by molar-refractivity contribution is 6.08. The van der Waals surface area contributed by atoms with E-state index in [1.807, 2.05) is 19.1 Å². The molecule has 2 aromatic carbocycles. The minimum Gasteiger partial charge on any atom is -0.494 e. The molecule has 0 bridgehead atoms. The fourth-order valence-corrected chi connectivity index (χ4v) is 3.28. The lowest BCUT2D eigenvalue weighted by Gasteiger charge is -2.17. The number of likely N-dealkylation sites (tertiary alicyclic amines) is 1. The summed E-state index contributed by atoms with van der Waals surface area (Å²) in [5, 5.41) is 2.35. The van der Waals surface area contributed by atoms with E-state index in [0.29, 0.717) is 18.9 Å². The van der Waals surface area contributed by atoms with E-state index in [4.69, 9.17) is 4.74 Å². The second-order valence-corrected chi connectivity index (χ2v) is 6.40. The van der Waals surface area contributed by atoms with Gasteiger partial charge in [-0.05, 0) is 36.8 Å². The molecule has 27 heavy (non-hydrogen) atoms. The first-order chi connectivity index (χ1) is 12.9. The number of nitrogens with one attached hydrogen (secondary N) is 1. The van der Waals surface area contributed by atoms with Crippen LogP contribution in [0.1, 0.15) is 18.4 Å². The largest absolute Gasteiger partial charge is 0.494 e. The third kappa shape index (κ3) is 3.77. The monoisotopic (exact) mass is 374 g/mol. The maximum Gasteiger partial charge on any atom is 0.237 e. The van der Waals surface area contributed by atoms with Crippen LogP contribution in [0.3, 0.4) is 0 Å². The van der Waals surface area contributed by atoms with E-state index >= 15 is 0 Å². The summed E-state index contributed by atoms with van der Waals surface area (Å²) < 4.78 is 32.6. The molecule has 1 saturated heterocycles. The zero-order valence-corrected chi connectivity index (χ0v) is 15.0. The van der Waals surface area contributed by atoms with Gasteiger partial charge in [-0.25, -0.2) is 8.78 Å². The topological polar surface area (TPSA) is 58.6 Å². The highest BCUT2D eigenvalue weighted by Crippen LogP contribution is 2.35. The SMILES string of the molecule is CCOc1ccc([C@H]2CN(C)C(=O)[C@@H]2C(=O)Nc2cccc(F)c2F)cc1. The molecule has 1 aliphatic heterocycles. The molecule has 1 fully saturated rings. The molecule has 2 aromatic rings. The van der Waals surface area contributed by atoms with E-state index in [1.54, 1.807) is 19.2 Å². The molecule has 0 unspecified atom stereocenters. The summed E-state index contributed by atoms with van der Waals surface area (Å²) in [6.07, 6.45) is 0. The van der Waals surface area contributed by atoms with E-state index in [-0.39, 0.29) is 11.6 Å². The summed E-state index contributed by atoms with van der Waals surface area (Å²) in [5.74, 6) is -3.95. The number of amides is 2. The summed E-state index contributed by atoms with van der Waals surface area (Å²) in [6.45, 7) is 2.77. The number of rotatable bonds is 5. The first-order valence-electron chi connectivity index (χ1n) is 8.65. The van der Waals surface area contributed by atoms with Crippen LogP contribution in [0.15, 0.2) is 42.5 Å². The number of likely N-dealkylation sites (N-methyl/N-ethyl adjacent to an activating group) is 1. The van der Waals surface area contributed by atoms with Gasteiger partial charge in [-0.1, -0.05) is 18.2 Å². The smallest absolute Gasteiger partial charge is 0.237 e. The predicted octanol–water partition coefficient (Wildman–Crippen LogP) is 3.17. The Kier molecular flexibility index (Phi) is 5.39. The Bertz CT molecular complexity index is 855. The van der Waals surface area contributed by atoms with Gasteiger partial charge in [-0.2, -0.15) is 0 Å². The Morgan fingerprint density at radius 2 is 1.93 bits per heavy atom. The van der Waals surface area contributed by atoms with Gasteiger partial charge in [0.2, 0.25) is 11.8 Å². The van der Waals surface area contributed by atoms with Crippen molar-refractivity contribution in [3.05, 3.63) is 59.7 Å². The van der Waals surface area contributed by atoms with Gasteiger partial charge in [0.15, 0.2) is 11.6 Å². The number of halogens is 2. The Morgan fingerprint density at radius 1 is 1.22 bits per heavy atom. The highest BCUT2D eigenvalue weighted by Gasteiger charge is 2.44. The normalized spacial score (nSPS) is 19.3. The minimum atomic E-state index is -1.15. The number of nitrogens with zero attached hydrogens (tertiary/aromatic N) is 1. The van der Waals surface area contributed by atoms with Crippen LogP contribution in [-0.4, -0.2) is 36.9 Å². The maximum absolute atomic E-state index is 13.9. The van der Waals surface area contributed by atoms with E-state index in [2.05, 4.69) is 5.32 Å². The van der Waals surface area contributed by atoms with Crippen LogP contribution in [-0.2, 0) is 9.59 Å². The van der Waals surface area contributed by atoms with Crippen LogP contribution in [0.2, 0.25) is 0 Å². The standard InChI is InChI=1S/C20H20F2N2O3/c1-3-27-13-9-7-12(8-10-13)14-11-24(2)20(26)17(14)19(25)23-16-6-4-5-15(21)18(16)22/h4-10,14,17H,3,11H2,1-2H3,(H,23,25)/t14-,17+/m1/s1. The third-order valence-corrected chi connectivity index (χ3v) is 4.63. The number of ether oxygens (including phenoxy) is 1. The number of hydrogen-bond acceptors (Lipinski definition) is 3. The van der Waals surface area contributed by atoms with Crippen molar-refractivity contribution in [3.8, 4) is 5.75 Å². The molecule has 0 aromatic heterocycles. The van der Waals surface area contributed by atoms with Crippen molar-refractivity contribution in [1.82, 2.24) is 4.90 Å². The molecular formula is C20H20F2N2O3. The van der Waals surface area contributed by atoms with Crippen LogP contribution in [0.4, 0.5) is 14.5 Å². The number of benzene rings is 2. The Morgan fingerprint density at radius 3 is 2.59 bits per heavy atom. The van der Waals surface area contributed by atoms with Crippen molar-refractivity contribution in [2.24, 2.45) is 5.92 Å². The lowest BCUT2D eigenvalue weighted by Crippen LogP contribution is -2.33. The van der Waals surface area contributed by atoms with Crippen molar-refractivity contribution in [2.75, 3.05) is 25.5 Å². The highest BCUT2D eigenvalue weighted by atomic mass is 19.2. The van der Waals surface area contributed by atoms with Crippen molar-refractivity contribution >= 4 is 17.5 Å². The molecule has 1 heterocycles.